The largest absolute Gasteiger partial charge is 0.486 e. The molecule has 0 aliphatic heterocycles. The van der Waals surface area contributed by atoms with Crippen LogP contribution in [0.3, 0.4) is 0 Å². The quantitative estimate of drug-likeness (QED) is 0.504. The Morgan fingerprint density at radius 3 is 2.62 bits per heavy atom. The third-order valence-corrected chi connectivity index (χ3v) is 4.66. The molecule has 146 valence electrons. The fourth-order valence-electron chi connectivity index (χ4n) is 2.98. The highest BCUT2D eigenvalue weighted by Crippen LogP contribution is 2.20. The molecule has 1 N–H and O–H groups in total. The van der Waals surface area contributed by atoms with Gasteiger partial charge < -0.3 is 14.6 Å². The van der Waals surface area contributed by atoms with Crippen molar-refractivity contribution in [2.45, 2.75) is 19.7 Å². The Balaban J connectivity index is 1.50. The number of imidazole rings is 1. The van der Waals surface area contributed by atoms with Crippen molar-refractivity contribution in [1.82, 2.24) is 19.9 Å². The van der Waals surface area contributed by atoms with E-state index >= 15 is 0 Å². The number of aromatic nitrogens is 3. The van der Waals surface area contributed by atoms with Gasteiger partial charge in [0.2, 0.25) is 5.91 Å². The standard InChI is InChI=1S/C22H19ClN4O2/c23-16-8-10-18(11-9-16)29-15-21-26-19-6-1-2-7-20(19)27(21)14-22(28)25-13-17-5-3-4-12-24-17/h1-12H,13-15H2,(H,25,28). The summed E-state index contributed by atoms with van der Waals surface area (Å²) in [5, 5.41) is 3.55. The van der Waals surface area contributed by atoms with E-state index in [1.165, 1.54) is 0 Å². The molecule has 0 fully saturated rings. The minimum Gasteiger partial charge on any atom is -0.486 e. The van der Waals surface area contributed by atoms with Crippen molar-refractivity contribution in [2.75, 3.05) is 0 Å². The summed E-state index contributed by atoms with van der Waals surface area (Å²) in [6.07, 6.45) is 1.71. The van der Waals surface area contributed by atoms with Crippen LogP contribution in [0.2, 0.25) is 5.02 Å². The van der Waals surface area contributed by atoms with Gasteiger partial charge in [-0.05, 0) is 48.5 Å². The van der Waals surface area contributed by atoms with Crippen molar-refractivity contribution in [2.24, 2.45) is 0 Å². The SMILES string of the molecule is O=C(Cn1c(COc2ccc(Cl)cc2)nc2ccccc21)NCc1ccccn1. The molecule has 0 atom stereocenters. The lowest BCUT2D eigenvalue weighted by Crippen LogP contribution is -2.28. The molecule has 0 bridgehead atoms. The second kappa shape index (κ2) is 8.75. The van der Waals surface area contributed by atoms with E-state index in [1.807, 2.05) is 47.0 Å². The number of amides is 1. The van der Waals surface area contributed by atoms with Crippen LogP contribution >= 0.6 is 11.6 Å². The molecule has 0 aliphatic carbocycles. The lowest BCUT2D eigenvalue weighted by molar-refractivity contribution is -0.121. The van der Waals surface area contributed by atoms with Crippen LogP contribution in [-0.2, 0) is 24.5 Å². The van der Waals surface area contributed by atoms with Gasteiger partial charge in [-0.25, -0.2) is 4.98 Å². The Morgan fingerprint density at radius 2 is 1.83 bits per heavy atom. The first-order valence-electron chi connectivity index (χ1n) is 9.18. The number of halogens is 1. The smallest absolute Gasteiger partial charge is 0.240 e. The monoisotopic (exact) mass is 406 g/mol. The fourth-order valence-corrected chi connectivity index (χ4v) is 3.11. The number of carbonyl (C=O) groups is 1. The second-order valence-electron chi connectivity index (χ2n) is 6.44. The first kappa shape index (κ1) is 19.0. The number of hydrogen-bond acceptors (Lipinski definition) is 4. The van der Waals surface area contributed by atoms with Gasteiger partial charge in [0.15, 0.2) is 0 Å². The fraction of sp³-hybridized carbons (Fsp3) is 0.136. The zero-order valence-corrected chi connectivity index (χ0v) is 16.3. The van der Waals surface area contributed by atoms with Crippen LogP contribution in [0.25, 0.3) is 11.0 Å². The summed E-state index contributed by atoms with van der Waals surface area (Å²) in [7, 11) is 0. The maximum absolute atomic E-state index is 12.5. The molecule has 0 spiro atoms. The summed E-state index contributed by atoms with van der Waals surface area (Å²) < 4.78 is 7.72. The number of carbonyl (C=O) groups excluding carboxylic acids is 1. The second-order valence-corrected chi connectivity index (χ2v) is 6.88. The van der Waals surface area contributed by atoms with Crippen LogP contribution in [0.1, 0.15) is 11.5 Å². The average molecular weight is 407 g/mol. The lowest BCUT2D eigenvalue weighted by Gasteiger charge is -2.11. The van der Waals surface area contributed by atoms with Gasteiger partial charge in [-0.1, -0.05) is 29.8 Å². The number of para-hydroxylation sites is 2. The molecule has 4 rings (SSSR count). The minimum atomic E-state index is -0.119. The number of pyridine rings is 1. The Morgan fingerprint density at radius 1 is 1.03 bits per heavy atom. The lowest BCUT2D eigenvalue weighted by atomic mass is 10.3. The van der Waals surface area contributed by atoms with E-state index in [9.17, 15) is 4.79 Å². The van der Waals surface area contributed by atoms with Gasteiger partial charge in [-0.15, -0.1) is 0 Å². The number of nitrogens with zero attached hydrogens (tertiary/aromatic N) is 3. The molecule has 0 radical (unpaired) electrons. The maximum Gasteiger partial charge on any atom is 0.240 e. The summed E-state index contributed by atoms with van der Waals surface area (Å²) in [6, 6.07) is 20.5. The van der Waals surface area contributed by atoms with Gasteiger partial charge in [0.1, 0.15) is 24.7 Å². The van der Waals surface area contributed by atoms with E-state index in [-0.39, 0.29) is 19.1 Å². The molecule has 0 saturated carbocycles. The summed E-state index contributed by atoms with van der Waals surface area (Å²) in [6.45, 7) is 0.763. The zero-order valence-electron chi connectivity index (χ0n) is 15.6. The van der Waals surface area contributed by atoms with E-state index in [0.717, 1.165) is 16.7 Å². The molecule has 2 heterocycles. The molecule has 2 aromatic heterocycles. The predicted molar refractivity (Wildman–Crippen MR) is 112 cm³/mol. The van der Waals surface area contributed by atoms with Gasteiger partial charge in [0, 0.05) is 11.2 Å². The van der Waals surface area contributed by atoms with Crippen molar-refractivity contribution in [3.05, 3.63) is 89.5 Å². The number of benzene rings is 2. The molecule has 7 heteroatoms. The topological polar surface area (TPSA) is 69.0 Å². The number of hydrogen-bond donors (Lipinski definition) is 1. The van der Waals surface area contributed by atoms with Gasteiger partial charge in [0.25, 0.3) is 0 Å². The van der Waals surface area contributed by atoms with E-state index in [4.69, 9.17) is 16.3 Å². The van der Waals surface area contributed by atoms with Crippen molar-refractivity contribution in [3.8, 4) is 5.75 Å². The molecule has 6 nitrogen and oxygen atoms in total. The van der Waals surface area contributed by atoms with Gasteiger partial charge in [-0.3, -0.25) is 9.78 Å². The van der Waals surface area contributed by atoms with Gasteiger partial charge in [0.05, 0.1) is 23.3 Å². The van der Waals surface area contributed by atoms with Crippen LogP contribution in [-0.4, -0.2) is 20.4 Å². The highest BCUT2D eigenvalue weighted by atomic mass is 35.5. The van der Waals surface area contributed by atoms with Crippen LogP contribution in [0.4, 0.5) is 0 Å². The zero-order chi connectivity index (χ0) is 20.1. The van der Waals surface area contributed by atoms with Crippen LogP contribution in [0.5, 0.6) is 5.75 Å². The predicted octanol–water partition coefficient (Wildman–Crippen LogP) is 3.98. The van der Waals surface area contributed by atoms with Crippen molar-refractivity contribution in [3.63, 3.8) is 0 Å². The first-order chi connectivity index (χ1) is 14.2. The number of nitrogens with one attached hydrogen (secondary N) is 1. The van der Waals surface area contributed by atoms with E-state index < -0.39 is 0 Å². The molecule has 2 aromatic carbocycles. The average Bonchev–Trinajstić information content (AvgIpc) is 3.10. The Kier molecular flexibility index (Phi) is 5.72. The third kappa shape index (κ3) is 4.73. The summed E-state index contributed by atoms with van der Waals surface area (Å²) in [5.41, 5.74) is 2.51. The Hall–Kier alpha value is -3.38. The van der Waals surface area contributed by atoms with Gasteiger partial charge in [-0.2, -0.15) is 0 Å². The molecular formula is C22H19ClN4O2. The normalized spacial score (nSPS) is 10.8. The summed E-state index contributed by atoms with van der Waals surface area (Å²) >= 11 is 5.92. The summed E-state index contributed by atoms with van der Waals surface area (Å²) in [5.74, 6) is 1.24. The Bertz CT molecular complexity index is 1110. The molecular weight excluding hydrogens is 388 g/mol. The highest BCUT2D eigenvalue weighted by Gasteiger charge is 2.14. The van der Waals surface area contributed by atoms with Gasteiger partial charge >= 0.3 is 0 Å². The van der Waals surface area contributed by atoms with E-state index in [0.29, 0.717) is 23.1 Å². The molecule has 0 unspecified atom stereocenters. The minimum absolute atomic E-state index is 0.119. The van der Waals surface area contributed by atoms with Crippen LogP contribution in [0.15, 0.2) is 72.9 Å². The van der Waals surface area contributed by atoms with Crippen LogP contribution < -0.4 is 10.1 Å². The highest BCUT2D eigenvalue weighted by molar-refractivity contribution is 6.30. The molecule has 29 heavy (non-hydrogen) atoms. The Labute approximate surface area is 173 Å². The number of rotatable bonds is 7. The molecule has 0 saturated heterocycles. The first-order valence-corrected chi connectivity index (χ1v) is 9.56. The maximum atomic E-state index is 12.5. The number of ether oxygens (including phenoxy) is 1. The summed E-state index contributed by atoms with van der Waals surface area (Å²) in [4.78, 5) is 21.4. The van der Waals surface area contributed by atoms with Crippen molar-refractivity contribution >= 4 is 28.5 Å². The van der Waals surface area contributed by atoms with Crippen molar-refractivity contribution < 1.29 is 9.53 Å². The van der Waals surface area contributed by atoms with Crippen molar-refractivity contribution in [1.29, 1.82) is 0 Å². The molecule has 1 amide bonds. The van der Waals surface area contributed by atoms with E-state index in [1.54, 1.807) is 30.5 Å². The molecule has 4 aromatic rings. The molecule has 0 aliphatic rings. The number of fused-ring (bicyclic) bond motifs is 1. The van der Waals surface area contributed by atoms with Crippen LogP contribution in [0, 0.1) is 0 Å². The third-order valence-electron chi connectivity index (χ3n) is 4.41. The van der Waals surface area contributed by atoms with E-state index in [2.05, 4.69) is 15.3 Å².